The highest BCUT2D eigenvalue weighted by molar-refractivity contribution is 7.99. The van der Waals surface area contributed by atoms with E-state index in [4.69, 9.17) is 16.3 Å². The van der Waals surface area contributed by atoms with Crippen molar-refractivity contribution in [2.75, 3.05) is 6.26 Å². The summed E-state index contributed by atoms with van der Waals surface area (Å²) in [4.78, 5) is 0. The molecule has 0 amide bonds. The van der Waals surface area contributed by atoms with E-state index in [1.165, 1.54) is 11.8 Å². The van der Waals surface area contributed by atoms with Gasteiger partial charge >= 0.3 is 0 Å². The molecule has 1 heterocycles. The summed E-state index contributed by atoms with van der Waals surface area (Å²) in [5, 5.41) is 31.4. The predicted molar refractivity (Wildman–Crippen MR) is 126 cm³/mol. The third-order valence-corrected chi connectivity index (χ3v) is 7.99. The van der Waals surface area contributed by atoms with Gasteiger partial charge in [0.2, 0.25) is 5.92 Å². The number of alkyl halides is 2. The Labute approximate surface area is 201 Å². The van der Waals surface area contributed by atoms with Crippen molar-refractivity contribution < 1.29 is 28.8 Å². The maximum atomic E-state index is 13.4. The van der Waals surface area contributed by atoms with Crippen LogP contribution >= 0.6 is 23.4 Å². The van der Waals surface area contributed by atoms with Gasteiger partial charge in [0.05, 0.1) is 0 Å². The third-order valence-electron chi connectivity index (χ3n) is 6.76. The zero-order valence-corrected chi connectivity index (χ0v) is 19.9. The minimum Gasteiger partial charge on any atom is -0.387 e. The molecule has 180 valence electrons. The van der Waals surface area contributed by atoms with Crippen molar-refractivity contribution in [3.63, 3.8) is 0 Å². The number of ether oxygens (including phenoxy) is 1. The summed E-state index contributed by atoms with van der Waals surface area (Å²) in [6, 6.07) is 13.4. The maximum absolute atomic E-state index is 13.4. The predicted octanol–water partition coefficient (Wildman–Crippen LogP) is 5.07. The van der Waals surface area contributed by atoms with Crippen LogP contribution in [0.4, 0.5) is 8.78 Å². The Morgan fingerprint density at radius 2 is 1.61 bits per heavy atom. The molecule has 3 N–H and O–H groups in total. The number of aliphatic hydroxyl groups is 3. The lowest BCUT2D eigenvalue weighted by Crippen LogP contribution is -2.52. The molecular formula is C25H29ClF2O4S. The first-order valence-electron chi connectivity index (χ1n) is 11.2. The topological polar surface area (TPSA) is 69.9 Å². The fraction of sp³-hybridized carbons (Fsp3) is 0.520. The van der Waals surface area contributed by atoms with E-state index in [0.29, 0.717) is 29.8 Å². The fourth-order valence-corrected chi connectivity index (χ4v) is 5.58. The second kappa shape index (κ2) is 10.2. The van der Waals surface area contributed by atoms with E-state index in [1.807, 2.05) is 30.3 Å². The molecule has 8 heteroatoms. The van der Waals surface area contributed by atoms with E-state index in [-0.39, 0.29) is 18.8 Å². The van der Waals surface area contributed by atoms with Crippen LogP contribution in [0.15, 0.2) is 42.5 Å². The number of hydrogen-bond donors (Lipinski definition) is 3. The van der Waals surface area contributed by atoms with Crippen molar-refractivity contribution in [2.45, 2.75) is 73.8 Å². The molecule has 0 aromatic heterocycles. The summed E-state index contributed by atoms with van der Waals surface area (Å²) in [5.74, 6) is -2.36. The first-order valence-corrected chi connectivity index (χ1v) is 12.8. The lowest BCUT2D eigenvalue weighted by atomic mass is 9.82. The van der Waals surface area contributed by atoms with Gasteiger partial charge in [-0.1, -0.05) is 48.0 Å². The number of halogens is 3. The van der Waals surface area contributed by atoms with Gasteiger partial charge in [0.25, 0.3) is 0 Å². The van der Waals surface area contributed by atoms with Crippen LogP contribution in [0.2, 0.25) is 5.02 Å². The minimum absolute atomic E-state index is 0.0555. The summed E-state index contributed by atoms with van der Waals surface area (Å²) in [6.07, 6.45) is -1.33. The summed E-state index contributed by atoms with van der Waals surface area (Å²) in [5.41, 5.74) is 2.98. The Morgan fingerprint density at radius 1 is 0.970 bits per heavy atom. The lowest BCUT2D eigenvalue weighted by molar-refractivity contribution is -0.200. The van der Waals surface area contributed by atoms with E-state index >= 15 is 0 Å². The van der Waals surface area contributed by atoms with Crippen molar-refractivity contribution in [2.24, 2.45) is 0 Å². The molecule has 4 nitrogen and oxygen atoms in total. The van der Waals surface area contributed by atoms with Crippen molar-refractivity contribution >= 4 is 23.4 Å². The number of hydrogen-bond acceptors (Lipinski definition) is 5. The van der Waals surface area contributed by atoms with Crippen LogP contribution in [-0.2, 0) is 11.2 Å². The van der Waals surface area contributed by atoms with Crippen LogP contribution in [0, 0.1) is 0 Å². The number of aliphatic hydroxyl groups excluding tert-OH is 3. The molecule has 1 saturated carbocycles. The monoisotopic (exact) mass is 498 g/mol. The van der Waals surface area contributed by atoms with Crippen molar-refractivity contribution in [1.29, 1.82) is 0 Å². The summed E-state index contributed by atoms with van der Waals surface area (Å²) >= 11 is 7.71. The average Bonchev–Trinajstić information content (AvgIpc) is 2.80. The van der Waals surface area contributed by atoms with Gasteiger partial charge in [0.15, 0.2) is 0 Å². The van der Waals surface area contributed by atoms with E-state index in [1.54, 1.807) is 18.4 Å². The van der Waals surface area contributed by atoms with Gasteiger partial charge in [-0.2, -0.15) is 0 Å². The van der Waals surface area contributed by atoms with Crippen molar-refractivity contribution in [3.8, 4) is 0 Å². The molecule has 1 aliphatic carbocycles. The number of benzene rings is 2. The molecule has 5 atom stereocenters. The molecule has 0 bridgehead atoms. The van der Waals surface area contributed by atoms with E-state index in [0.717, 1.165) is 16.7 Å². The molecule has 0 spiro atoms. The molecule has 1 saturated heterocycles. The second-order valence-electron chi connectivity index (χ2n) is 9.03. The second-order valence-corrected chi connectivity index (χ2v) is 10.4. The van der Waals surface area contributed by atoms with Gasteiger partial charge in [-0.25, -0.2) is 8.78 Å². The first kappa shape index (κ1) is 24.9. The lowest BCUT2D eigenvalue weighted by Gasteiger charge is -2.40. The van der Waals surface area contributed by atoms with Gasteiger partial charge in [-0.3, -0.25) is 0 Å². The van der Waals surface area contributed by atoms with Crippen LogP contribution in [0.3, 0.4) is 0 Å². The Hall–Kier alpha value is -1.22. The molecule has 2 aromatic rings. The Kier molecular flexibility index (Phi) is 7.68. The van der Waals surface area contributed by atoms with E-state index < -0.39 is 35.8 Å². The fourth-order valence-electron chi connectivity index (χ4n) is 4.73. The molecular weight excluding hydrogens is 470 g/mol. The van der Waals surface area contributed by atoms with Crippen LogP contribution < -0.4 is 0 Å². The molecule has 2 aromatic carbocycles. The van der Waals surface area contributed by atoms with Crippen molar-refractivity contribution in [3.05, 3.63) is 69.7 Å². The highest BCUT2D eigenvalue weighted by Gasteiger charge is 2.44. The largest absolute Gasteiger partial charge is 0.387 e. The molecule has 4 rings (SSSR count). The average molecular weight is 499 g/mol. The van der Waals surface area contributed by atoms with Gasteiger partial charge in [-0.15, -0.1) is 11.8 Å². The van der Waals surface area contributed by atoms with Crippen LogP contribution in [0.25, 0.3) is 0 Å². The summed E-state index contributed by atoms with van der Waals surface area (Å²) < 4.78 is 32.8. The highest BCUT2D eigenvalue weighted by Crippen LogP contribution is 2.41. The standard InChI is InChI=1S/C25H29ClF2O4S/c1-33-24-22(31)20(29)21(30)23(32-24)17-6-7-19(26)18(13-17)12-14-2-4-15(5-3-14)16-8-10-25(27,28)11-9-16/h2-7,13,16,20-24,29-31H,8-12H2,1H3/t20-,21-,22+,23?,24-/m1/s1. The Bertz CT molecular complexity index is 946. The summed E-state index contributed by atoms with van der Waals surface area (Å²) in [6.45, 7) is 0. The van der Waals surface area contributed by atoms with Gasteiger partial charge in [0, 0.05) is 17.9 Å². The number of rotatable bonds is 5. The SMILES string of the molecule is CS[C@H]1OC(c2ccc(Cl)c(Cc3ccc(C4CCC(F)(F)CC4)cc3)c2)[C@H](O)[C@@H](O)[C@@H]1O. The third kappa shape index (κ3) is 5.55. The molecule has 2 aliphatic rings. The van der Waals surface area contributed by atoms with E-state index in [9.17, 15) is 24.1 Å². The van der Waals surface area contributed by atoms with E-state index in [2.05, 4.69) is 0 Å². The molecule has 1 aliphatic heterocycles. The summed E-state index contributed by atoms with van der Waals surface area (Å²) in [7, 11) is 0. The van der Waals surface area contributed by atoms with Crippen LogP contribution in [0.1, 0.15) is 60.0 Å². The van der Waals surface area contributed by atoms with Gasteiger partial charge in [0.1, 0.15) is 29.9 Å². The number of thioether (sulfide) groups is 1. The normalized spacial score (nSPS) is 30.3. The zero-order chi connectivity index (χ0) is 23.8. The smallest absolute Gasteiger partial charge is 0.248 e. The highest BCUT2D eigenvalue weighted by atomic mass is 35.5. The molecule has 1 unspecified atom stereocenters. The quantitative estimate of drug-likeness (QED) is 0.537. The minimum atomic E-state index is -2.53. The Morgan fingerprint density at radius 3 is 2.24 bits per heavy atom. The first-order chi connectivity index (χ1) is 15.7. The van der Waals surface area contributed by atoms with Crippen LogP contribution in [-0.4, -0.2) is 51.2 Å². The zero-order valence-electron chi connectivity index (χ0n) is 18.3. The maximum Gasteiger partial charge on any atom is 0.248 e. The molecule has 0 radical (unpaired) electrons. The van der Waals surface area contributed by atoms with Gasteiger partial charge < -0.3 is 20.1 Å². The van der Waals surface area contributed by atoms with Crippen LogP contribution in [0.5, 0.6) is 0 Å². The van der Waals surface area contributed by atoms with Crippen molar-refractivity contribution in [1.82, 2.24) is 0 Å². The molecule has 2 fully saturated rings. The molecule has 33 heavy (non-hydrogen) atoms. The van der Waals surface area contributed by atoms with Gasteiger partial charge in [-0.05, 0) is 59.8 Å². The Balaban J connectivity index is 1.48.